The third-order valence-electron chi connectivity index (χ3n) is 4.97. The van der Waals surface area contributed by atoms with Crippen LogP contribution in [0.5, 0.6) is 0 Å². The van der Waals surface area contributed by atoms with Crippen LogP contribution in [0, 0.1) is 0 Å². The van der Waals surface area contributed by atoms with Crippen molar-refractivity contribution in [2.45, 2.75) is 50.6 Å². The highest BCUT2D eigenvalue weighted by molar-refractivity contribution is 5.71. The molecule has 108 valence electrons. The lowest BCUT2D eigenvalue weighted by Crippen LogP contribution is -2.16. The van der Waals surface area contributed by atoms with Gasteiger partial charge in [0.15, 0.2) is 0 Å². The van der Waals surface area contributed by atoms with Crippen LogP contribution in [0.15, 0.2) is 48.5 Å². The molecule has 4 rings (SSSR count). The molecule has 0 aliphatic heterocycles. The molecule has 0 heterocycles. The third kappa shape index (κ3) is 2.75. The number of nitrogens with one attached hydrogen (secondary N) is 1. The van der Waals surface area contributed by atoms with Gasteiger partial charge in [-0.05, 0) is 53.9 Å². The summed E-state index contributed by atoms with van der Waals surface area (Å²) in [5.74, 6) is 0.783. The lowest BCUT2D eigenvalue weighted by atomic mass is 9.77. The van der Waals surface area contributed by atoms with E-state index in [4.69, 9.17) is 0 Å². The molecule has 0 spiro atoms. The van der Waals surface area contributed by atoms with Crippen LogP contribution < -0.4 is 5.32 Å². The topological polar surface area (TPSA) is 12.0 Å². The van der Waals surface area contributed by atoms with Gasteiger partial charge in [-0.1, -0.05) is 55.0 Å². The molecule has 21 heavy (non-hydrogen) atoms. The van der Waals surface area contributed by atoms with Gasteiger partial charge in [0.25, 0.3) is 0 Å². The van der Waals surface area contributed by atoms with Gasteiger partial charge in [0.1, 0.15) is 0 Å². The maximum Gasteiger partial charge on any atom is 0.0214 e. The van der Waals surface area contributed by atoms with Gasteiger partial charge >= 0.3 is 0 Å². The van der Waals surface area contributed by atoms with Crippen molar-refractivity contribution >= 4 is 0 Å². The van der Waals surface area contributed by atoms with Gasteiger partial charge in [0.05, 0.1) is 0 Å². The van der Waals surface area contributed by atoms with Crippen molar-refractivity contribution in [1.29, 1.82) is 0 Å². The SMILES string of the molecule is c1ccc(-c2ccccc2C2CCC2)c(CNC2CC2)c1. The molecule has 2 aromatic rings. The fourth-order valence-electron chi connectivity index (χ4n) is 3.30. The van der Waals surface area contributed by atoms with Crippen molar-refractivity contribution in [3.8, 4) is 11.1 Å². The Morgan fingerprint density at radius 1 is 0.810 bits per heavy atom. The molecule has 0 unspecified atom stereocenters. The van der Waals surface area contributed by atoms with E-state index in [-0.39, 0.29) is 0 Å². The molecule has 0 bridgehead atoms. The Morgan fingerprint density at radius 3 is 2.24 bits per heavy atom. The van der Waals surface area contributed by atoms with Crippen LogP contribution >= 0.6 is 0 Å². The highest BCUT2D eigenvalue weighted by atomic mass is 14.9. The van der Waals surface area contributed by atoms with Gasteiger partial charge in [-0.25, -0.2) is 0 Å². The van der Waals surface area contributed by atoms with Gasteiger partial charge in [-0.15, -0.1) is 0 Å². The van der Waals surface area contributed by atoms with Crippen LogP contribution in [0.3, 0.4) is 0 Å². The molecule has 0 atom stereocenters. The molecule has 2 aromatic carbocycles. The van der Waals surface area contributed by atoms with E-state index in [1.54, 1.807) is 5.56 Å². The van der Waals surface area contributed by atoms with Gasteiger partial charge in [-0.2, -0.15) is 0 Å². The monoisotopic (exact) mass is 277 g/mol. The predicted octanol–water partition coefficient (Wildman–Crippen LogP) is 4.87. The summed E-state index contributed by atoms with van der Waals surface area (Å²) in [5.41, 5.74) is 5.88. The van der Waals surface area contributed by atoms with E-state index in [9.17, 15) is 0 Å². The Hall–Kier alpha value is -1.60. The molecule has 0 radical (unpaired) electrons. The lowest BCUT2D eigenvalue weighted by molar-refractivity contribution is 0.420. The minimum Gasteiger partial charge on any atom is -0.310 e. The van der Waals surface area contributed by atoms with E-state index in [0.717, 1.165) is 18.5 Å². The average Bonchev–Trinajstić information content (AvgIpc) is 3.29. The maximum absolute atomic E-state index is 3.66. The molecule has 0 aromatic heterocycles. The molecule has 1 N–H and O–H groups in total. The smallest absolute Gasteiger partial charge is 0.0214 e. The first-order valence-electron chi connectivity index (χ1n) is 8.32. The Kier molecular flexibility index (Phi) is 3.52. The fourth-order valence-corrected chi connectivity index (χ4v) is 3.30. The largest absolute Gasteiger partial charge is 0.310 e. The molecule has 2 fully saturated rings. The first-order valence-corrected chi connectivity index (χ1v) is 8.32. The number of hydrogen-bond acceptors (Lipinski definition) is 1. The minimum absolute atomic E-state index is 0.764. The second-order valence-electron chi connectivity index (χ2n) is 6.53. The molecule has 1 nitrogen and oxygen atoms in total. The molecule has 0 amide bonds. The van der Waals surface area contributed by atoms with Gasteiger partial charge in [-0.3, -0.25) is 0 Å². The summed E-state index contributed by atoms with van der Waals surface area (Å²) >= 11 is 0. The average molecular weight is 277 g/mol. The van der Waals surface area contributed by atoms with Crippen molar-refractivity contribution in [2.24, 2.45) is 0 Å². The molecule has 0 saturated heterocycles. The van der Waals surface area contributed by atoms with Gasteiger partial charge < -0.3 is 5.32 Å². The first-order chi connectivity index (χ1) is 10.4. The Morgan fingerprint density at radius 2 is 1.52 bits per heavy atom. The zero-order valence-electron chi connectivity index (χ0n) is 12.5. The number of hydrogen-bond donors (Lipinski definition) is 1. The quantitative estimate of drug-likeness (QED) is 0.822. The Balaban J connectivity index is 1.68. The first kappa shape index (κ1) is 13.1. The Bertz CT molecular complexity index is 623. The predicted molar refractivity (Wildman–Crippen MR) is 88.3 cm³/mol. The fraction of sp³-hybridized carbons (Fsp3) is 0.400. The second-order valence-corrected chi connectivity index (χ2v) is 6.53. The molecular weight excluding hydrogens is 254 g/mol. The molecule has 1 heteroatoms. The van der Waals surface area contributed by atoms with Crippen LogP contribution in [0.2, 0.25) is 0 Å². The van der Waals surface area contributed by atoms with Crippen molar-refractivity contribution in [1.82, 2.24) is 5.32 Å². The lowest BCUT2D eigenvalue weighted by Gasteiger charge is -2.28. The van der Waals surface area contributed by atoms with Crippen LogP contribution in [-0.2, 0) is 6.54 Å². The van der Waals surface area contributed by atoms with Crippen LogP contribution in [0.1, 0.15) is 49.1 Å². The van der Waals surface area contributed by atoms with E-state index in [0.29, 0.717) is 0 Å². The molecule has 2 saturated carbocycles. The number of benzene rings is 2. The molecular formula is C20H23N. The second kappa shape index (κ2) is 5.65. The molecule has 2 aliphatic rings. The zero-order valence-corrected chi connectivity index (χ0v) is 12.5. The Labute approximate surface area is 127 Å². The standard InChI is InChI=1S/C20H23N/c1-2-10-19(16(6-1)14-21-17-12-13-17)20-11-4-3-9-18(20)15-7-5-8-15/h1-4,6,9-11,15,17,21H,5,7-8,12-14H2. The normalized spacial score (nSPS) is 18.5. The van der Waals surface area contributed by atoms with Crippen molar-refractivity contribution in [2.75, 3.05) is 0 Å². The maximum atomic E-state index is 3.66. The third-order valence-corrected chi connectivity index (χ3v) is 4.97. The van der Waals surface area contributed by atoms with E-state index >= 15 is 0 Å². The summed E-state index contributed by atoms with van der Waals surface area (Å²) in [4.78, 5) is 0. The van der Waals surface area contributed by atoms with Crippen molar-refractivity contribution in [3.63, 3.8) is 0 Å². The summed E-state index contributed by atoms with van der Waals surface area (Å²) in [6, 6.07) is 18.7. The summed E-state index contributed by atoms with van der Waals surface area (Å²) in [5, 5.41) is 3.66. The highest BCUT2D eigenvalue weighted by Gasteiger charge is 2.24. The number of rotatable bonds is 5. The van der Waals surface area contributed by atoms with E-state index < -0.39 is 0 Å². The van der Waals surface area contributed by atoms with E-state index in [2.05, 4.69) is 53.8 Å². The van der Waals surface area contributed by atoms with Crippen molar-refractivity contribution < 1.29 is 0 Å². The van der Waals surface area contributed by atoms with Crippen LogP contribution in [0.4, 0.5) is 0 Å². The van der Waals surface area contributed by atoms with Gasteiger partial charge in [0, 0.05) is 12.6 Å². The molecule has 2 aliphatic carbocycles. The zero-order chi connectivity index (χ0) is 14.1. The van der Waals surface area contributed by atoms with Crippen LogP contribution in [0.25, 0.3) is 11.1 Å². The van der Waals surface area contributed by atoms with E-state index in [1.165, 1.54) is 48.8 Å². The van der Waals surface area contributed by atoms with Crippen LogP contribution in [-0.4, -0.2) is 6.04 Å². The summed E-state index contributed by atoms with van der Waals surface area (Å²) < 4.78 is 0. The summed E-state index contributed by atoms with van der Waals surface area (Å²) in [6.07, 6.45) is 6.81. The summed E-state index contributed by atoms with van der Waals surface area (Å²) in [7, 11) is 0. The highest BCUT2D eigenvalue weighted by Crippen LogP contribution is 2.41. The minimum atomic E-state index is 0.764. The van der Waals surface area contributed by atoms with Gasteiger partial charge in [0.2, 0.25) is 0 Å². The summed E-state index contributed by atoms with van der Waals surface area (Å²) in [6.45, 7) is 1.000. The van der Waals surface area contributed by atoms with Crippen molar-refractivity contribution in [3.05, 3.63) is 59.7 Å². The van der Waals surface area contributed by atoms with E-state index in [1.807, 2.05) is 0 Å².